The first-order valence-electron chi connectivity index (χ1n) is 4.20. The zero-order valence-corrected chi connectivity index (χ0v) is 8.34. The summed E-state index contributed by atoms with van der Waals surface area (Å²) < 4.78 is 26.4. The fraction of sp³-hybridized carbons (Fsp3) is 0.111. The Labute approximate surface area is 89.4 Å². The molecule has 0 radical (unpaired) electrons. The summed E-state index contributed by atoms with van der Waals surface area (Å²) in [6.07, 6.45) is -0.989. The Bertz CT molecular complexity index is 504. The molecule has 0 saturated heterocycles. The fourth-order valence-corrected chi connectivity index (χ4v) is 1.45. The molecule has 2 aromatic heterocycles. The SMILES string of the molecule is FC(F)c1cc(=S)n(-c2ccccn2)[nH]1. The van der Waals surface area contributed by atoms with Gasteiger partial charge in [0.15, 0.2) is 5.82 Å². The molecule has 0 aromatic carbocycles. The highest BCUT2D eigenvalue weighted by Gasteiger charge is 2.11. The third-order valence-electron chi connectivity index (χ3n) is 1.85. The van der Waals surface area contributed by atoms with Crippen molar-refractivity contribution in [2.75, 3.05) is 0 Å². The number of nitrogens with one attached hydrogen (secondary N) is 1. The van der Waals surface area contributed by atoms with Crippen LogP contribution in [0.25, 0.3) is 5.82 Å². The molecule has 2 heterocycles. The Kier molecular flexibility index (Phi) is 2.59. The van der Waals surface area contributed by atoms with Crippen molar-refractivity contribution in [1.29, 1.82) is 0 Å². The Hall–Kier alpha value is -1.56. The zero-order chi connectivity index (χ0) is 10.8. The predicted octanol–water partition coefficient (Wildman–Crippen LogP) is 2.87. The third kappa shape index (κ3) is 1.94. The first-order chi connectivity index (χ1) is 7.18. The van der Waals surface area contributed by atoms with E-state index in [1.807, 2.05) is 0 Å². The predicted molar refractivity (Wildman–Crippen MR) is 53.7 cm³/mol. The highest BCUT2D eigenvalue weighted by molar-refractivity contribution is 7.71. The van der Waals surface area contributed by atoms with Gasteiger partial charge in [0, 0.05) is 12.3 Å². The van der Waals surface area contributed by atoms with Crippen molar-refractivity contribution in [3.8, 4) is 5.82 Å². The van der Waals surface area contributed by atoms with E-state index in [4.69, 9.17) is 12.2 Å². The summed E-state index contributed by atoms with van der Waals surface area (Å²) in [6, 6.07) is 6.41. The molecule has 78 valence electrons. The second kappa shape index (κ2) is 3.90. The van der Waals surface area contributed by atoms with E-state index in [-0.39, 0.29) is 10.3 Å². The standard InChI is InChI=1S/C9H7F2N3S/c10-9(11)6-5-8(15)14(13-6)7-3-1-2-4-12-7/h1-5,9,13H. The molecule has 1 N–H and O–H groups in total. The molecule has 0 aliphatic rings. The molecule has 0 amide bonds. The summed E-state index contributed by atoms with van der Waals surface area (Å²) in [5.41, 5.74) is -0.203. The highest BCUT2D eigenvalue weighted by atomic mass is 32.1. The van der Waals surface area contributed by atoms with Crippen LogP contribution in [-0.4, -0.2) is 14.8 Å². The van der Waals surface area contributed by atoms with Crippen molar-refractivity contribution >= 4 is 12.2 Å². The molecule has 6 heteroatoms. The fourth-order valence-electron chi connectivity index (χ4n) is 1.18. The third-order valence-corrected chi connectivity index (χ3v) is 2.15. The molecule has 0 aliphatic heterocycles. The van der Waals surface area contributed by atoms with Crippen LogP contribution in [0.1, 0.15) is 12.1 Å². The number of rotatable bonds is 2. The van der Waals surface area contributed by atoms with Gasteiger partial charge in [0.25, 0.3) is 6.43 Å². The van der Waals surface area contributed by atoms with Gasteiger partial charge in [0.2, 0.25) is 0 Å². The van der Waals surface area contributed by atoms with E-state index in [0.29, 0.717) is 5.82 Å². The van der Waals surface area contributed by atoms with Crippen molar-refractivity contribution in [3.63, 3.8) is 0 Å². The van der Waals surface area contributed by atoms with Gasteiger partial charge in [-0.1, -0.05) is 18.3 Å². The minimum atomic E-state index is -2.56. The molecule has 15 heavy (non-hydrogen) atoms. The van der Waals surface area contributed by atoms with Crippen LogP contribution >= 0.6 is 12.2 Å². The maximum atomic E-state index is 12.4. The number of hydrogen-bond donors (Lipinski definition) is 1. The van der Waals surface area contributed by atoms with Crippen molar-refractivity contribution in [2.24, 2.45) is 0 Å². The van der Waals surface area contributed by atoms with Gasteiger partial charge in [-0.2, -0.15) is 0 Å². The second-order valence-electron chi connectivity index (χ2n) is 2.87. The number of H-pyrrole nitrogens is 1. The molecular weight excluding hydrogens is 220 g/mol. The topological polar surface area (TPSA) is 33.6 Å². The van der Waals surface area contributed by atoms with Crippen LogP contribution in [0, 0.1) is 4.64 Å². The lowest BCUT2D eigenvalue weighted by Gasteiger charge is -2.00. The van der Waals surface area contributed by atoms with E-state index in [1.165, 1.54) is 10.7 Å². The van der Waals surface area contributed by atoms with E-state index in [2.05, 4.69) is 10.1 Å². The molecule has 0 spiro atoms. The van der Waals surface area contributed by atoms with E-state index in [9.17, 15) is 8.78 Å². The number of aromatic amines is 1. The molecule has 2 rings (SSSR count). The van der Waals surface area contributed by atoms with Crippen LogP contribution in [-0.2, 0) is 0 Å². The van der Waals surface area contributed by atoms with Gasteiger partial charge in [-0.05, 0) is 12.1 Å². The van der Waals surface area contributed by atoms with Gasteiger partial charge >= 0.3 is 0 Å². The zero-order valence-electron chi connectivity index (χ0n) is 7.52. The van der Waals surface area contributed by atoms with Gasteiger partial charge in [-0.25, -0.2) is 18.4 Å². The number of aromatic nitrogens is 3. The van der Waals surface area contributed by atoms with Crippen molar-refractivity contribution < 1.29 is 8.78 Å². The van der Waals surface area contributed by atoms with E-state index < -0.39 is 6.43 Å². The first-order valence-corrected chi connectivity index (χ1v) is 4.61. The largest absolute Gasteiger partial charge is 0.290 e. The van der Waals surface area contributed by atoms with Gasteiger partial charge in [0.1, 0.15) is 10.3 Å². The average molecular weight is 227 g/mol. The summed E-state index contributed by atoms with van der Waals surface area (Å²) in [4.78, 5) is 4.00. The first kappa shape index (κ1) is 9.97. The van der Waals surface area contributed by atoms with E-state index >= 15 is 0 Å². The summed E-state index contributed by atoms with van der Waals surface area (Å²) >= 11 is 4.93. The summed E-state index contributed by atoms with van der Waals surface area (Å²) in [6.45, 7) is 0. The van der Waals surface area contributed by atoms with E-state index in [0.717, 1.165) is 0 Å². The molecule has 0 atom stereocenters. The van der Waals surface area contributed by atoms with Crippen LogP contribution in [0.5, 0.6) is 0 Å². The quantitative estimate of drug-likeness (QED) is 0.800. The maximum absolute atomic E-state index is 12.4. The second-order valence-corrected chi connectivity index (χ2v) is 3.29. The monoisotopic (exact) mass is 227 g/mol. The van der Waals surface area contributed by atoms with Crippen molar-refractivity contribution in [3.05, 3.63) is 40.8 Å². The normalized spacial score (nSPS) is 10.9. The molecule has 0 bridgehead atoms. The number of halogens is 2. The number of hydrogen-bond acceptors (Lipinski definition) is 2. The lowest BCUT2D eigenvalue weighted by molar-refractivity contribution is 0.145. The van der Waals surface area contributed by atoms with Gasteiger partial charge < -0.3 is 0 Å². The van der Waals surface area contributed by atoms with Crippen LogP contribution in [0.4, 0.5) is 8.78 Å². The Balaban J connectivity index is 2.50. The summed E-state index contributed by atoms with van der Waals surface area (Å²) in [7, 11) is 0. The van der Waals surface area contributed by atoms with Gasteiger partial charge in [-0.15, -0.1) is 0 Å². The molecule has 0 aliphatic carbocycles. The van der Waals surface area contributed by atoms with Crippen molar-refractivity contribution in [1.82, 2.24) is 14.8 Å². The van der Waals surface area contributed by atoms with Crippen LogP contribution in [0.2, 0.25) is 0 Å². The minimum Gasteiger partial charge on any atom is -0.290 e. The van der Waals surface area contributed by atoms with Gasteiger partial charge in [-0.3, -0.25) is 5.10 Å². The van der Waals surface area contributed by atoms with Crippen LogP contribution in [0.15, 0.2) is 30.5 Å². The highest BCUT2D eigenvalue weighted by Crippen LogP contribution is 2.17. The van der Waals surface area contributed by atoms with Gasteiger partial charge in [0.05, 0.1) is 0 Å². The minimum absolute atomic E-state index is 0.203. The average Bonchev–Trinajstić information content (AvgIpc) is 2.62. The van der Waals surface area contributed by atoms with E-state index in [1.54, 1.807) is 24.4 Å². The summed E-state index contributed by atoms with van der Waals surface area (Å²) in [5.74, 6) is 0.495. The Morgan fingerprint density at radius 1 is 1.40 bits per heavy atom. The summed E-state index contributed by atoms with van der Waals surface area (Å²) in [5, 5.41) is 2.50. The van der Waals surface area contributed by atoms with Crippen molar-refractivity contribution in [2.45, 2.75) is 6.43 Å². The van der Waals surface area contributed by atoms with Crippen LogP contribution in [0.3, 0.4) is 0 Å². The molecule has 0 unspecified atom stereocenters. The molecule has 0 saturated carbocycles. The molecule has 2 aromatic rings. The Morgan fingerprint density at radius 2 is 2.20 bits per heavy atom. The number of nitrogens with zero attached hydrogens (tertiary/aromatic N) is 2. The Morgan fingerprint density at radius 3 is 2.73 bits per heavy atom. The molecule has 3 nitrogen and oxygen atoms in total. The molecular formula is C9H7F2N3S. The lowest BCUT2D eigenvalue weighted by Crippen LogP contribution is -1.99. The number of pyridine rings is 1. The smallest absolute Gasteiger partial charge is 0.279 e. The number of alkyl halides is 2. The maximum Gasteiger partial charge on any atom is 0.279 e. The molecule has 0 fully saturated rings. The van der Waals surface area contributed by atoms with Crippen LogP contribution < -0.4 is 0 Å². The lowest BCUT2D eigenvalue weighted by atomic mass is 10.4.